The van der Waals surface area contributed by atoms with Crippen LogP contribution >= 0.6 is 0 Å². The molecule has 0 aliphatic rings. The zero-order chi connectivity index (χ0) is 22.4. The second-order valence-corrected chi connectivity index (χ2v) is 6.24. The quantitative estimate of drug-likeness (QED) is 0.283. The van der Waals surface area contributed by atoms with Crippen LogP contribution in [0.2, 0.25) is 0 Å². The molecule has 1 heterocycles. The van der Waals surface area contributed by atoms with Gasteiger partial charge in [0.05, 0.1) is 12.0 Å². The second kappa shape index (κ2) is 9.31. The number of ketones is 1. The molecule has 3 aromatic rings. The molecule has 2 aromatic carbocycles. The first-order valence-corrected chi connectivity index (χ1v) is 8.97. The van der Waals surface area contributed by atoms with Crippen molar-refractivity contribution in [3.05, 3.63) is 76.1 Å². The summed E-state index contributed by atoms with van der Waals surface area (Å²) in [5.41, 5.74) is 5.67. The zero-order valence-electron chi connectivity index (χ0n) is 16.6. The average molecular weight is 422 g/mol. The maximum atomic E-state index is 12.3. The van der Waals surface area contributed by atoms with Gasteiger partial charge in [-0.25, -0.2) is 9.97 Å². The third-order valence-corrected chi connectivity index (χ3v) is 4.21. The van der Waals surface area contributed by atoms with E-state index in [4.69, 9.17) is 4.74 Å². The van der Waals surface area contributed by atoms with Gasteiger partial charge in [0.25, 0.3) is 5.91 Å². The van der Waals surface area contributed by atoms with Crippen molar-refractivity contribution in [2.24, 2.45) is 0 Å². The van der Waals surface area contributed by atoms with Crippen molar-refractivity contribution < 1.29 is 19.2 Å². The number of nitrogens with zero attached hydrogens (tertiary/aromatic N) is 3. The van der Waals surface area contributed by atoms with Crippen LogP contribution in [0, 0.1) is 10.1 Å². The number of ether oxygens (including phenoxy) is 1. The number of methoxy groups -OCH3 is 1. The average Bonchev–Trinajstić information content (AvgIpc) is 2.77. The fourth-order valence-corrected chi connectivity index (χ4v) is 2.59. The van der Waals surface area contributed by atoms with Gasteiger partial charge in [0.15, 0.2) is 5.78 Å². The van der Waals surface area contributed by atoms with E-state index < -0.39 is 16.5 Å². The maximum absolute atomic E-state index is 12.3. The zero-order valence-corrected chi connectivity index (χ0v) is 16.6. The first kappa shape index (κ1) is 21.2. The molecule has 0 fully saturated rings. The lowest BCUT2D eigenvalue weighted by molar-refractivity contribution is -0.383. The monoisotopic (exact) mass is 422 g/mol. The lowest BCUT2D eigenvalue weighted by atomic mass is 10.1. The summed E-state index contributed by atoms with van der Waals surface area (Å²) in [4.78, 5) is 42.4. The molecule has 0 atom stereocenters. The highest BCUT2D eigenvalue weighted by Crippen LogP contribution is 2.30. The summed E-state index contributed by atoms with van der Waals surface area (Å²) in [6.07, 6.45) is 1.11. The summed E-state index contributed by atoms with van der Waals surface area (Å²) in [7, 11) is 1.51. The van der Waals surface area contributed by atoms with Crippen molar-refractivity contribution in [2.75, 3.05) is 17.9 Å². The van der Waals surface area contributed by atoms with Gasteiger partial charge in [-0.1, -0.05) is 0 Å². The Labute approximate surface area is 176 Å². The van der Waals surface area contributed by atoms with Gasteiger partial charge in [-0.3, -0.25) is 30.6 Å². The molecule has 0 unspecified atom stereocenters. The molecule has 0 aliphatic carbocycles. The summed E-state index contributed by atoms with van der Waals surface area (Å²) in [5.74, 6) is -0.326. The minimum atomic E-state index is -0.672. The van der Waals surface area contributed by atoms with E-state index in [0.29, 0.717) is 22.6 Å². The fraction of sp³-hybridized carbons (Fsp3) is 0.100. The first-order chi connectivity index (χ1) is 14.9. The van der Waals surface area contributed by atoms with Crippen LogP contribution in [-0.4, -0.2) is 33.7 Å². The first-order valence-electron chi connectivity index (χ1n) is 8.97. The number of anilines is 3. The highest BCUT2D eigenvalue weighted by Gasteiger charge is 2.23. The summed E-state index contributed by atoms with van der Waals surface area (Å²) in [6.45, 7) is 1.44. The van der Waals surface area contributed by atoms with Crippen LogP contribution in [0.4, 0.5) is 23.0 Å². The predicted octanol–water partition coefficient (Wildman–Crippen LogP) is 3.10. The minimum Gasteiger partial charge on any atom is -0.497 e. The molecule has 1 aromatic heterocycles. The number of nitrogens with one attached hydrogen (secondary N) is 3. The topological polar surface area (TPSA) is 148 Å². The summed E-state index contributed by atoms with van der Waals surface area (Å²) < 4.78 is 5.04. The Bertz CT molecular complexity index is 1120. The molecule has 11 nitrogen and oxygen atoms in total. The van der Waals surface area contributed by atoms with Gasteiger partial charge in [-0.2, -0.15) is 0 Å². The number of nitro groups is 1. The van der Waals surface area contributed by atoms with Gasteiger partial charge in [-0.15, -0.1) is 0 Å². The van der Waals surface area contributed by atoms with Gasteiger partial charge in [0, 0.05) is 16.8 Å². The van der Waals surface area contributed by atoms with Gasteiger partial charge in [0.1, 0.15) is 12.1 Å². The molecule has 11 heteroatoms. The van der Waals surface area contributed by atoms with Crippen molar-refractivity contribution in [2.45, 2.75) is 6.92 Å². The second-order valence-electron chi connectivity index (χ2n) is 6.24. The maximum Gasteiger partial charge on any atom is 0.355 e. The number of carbonyl (C=O) groups is 2. The highest BCUT2D eigenvalue weighted by atomic mass is 16.6. The number of benzene rings is 2. The number of rotatable bonds is 8. The molecule has 3 N–H and O–H groups in total. The van der Waals surface area contributed by atoms with Crippen LogP contribution in [0.15, 0.2) is 54.9 Å². The van der Waals surface area contributed by atoms with E-state index >= 15 is 0 Å². The lowest BCUT2D eigenvalue weighted by Crippen LogP contribution is -2.30. The molecule has 0 aliphatic heterocycles. The smallest absolute Gasteiger partial charge is 0.355 e. The Morgan fingerprint density at radius 2 is 1.58 bits per heavy atom. The molecule has 158 valence electrons. The van der Waals surface area contributed by atoms with E-state index in [2.05, 4.69) is 26.1 Å². The highest BCUT2D eigenvalue weighted by molar-refractivity contribution is 5.95. The SMILES string of the molecule is COc1ccc(C(=O)NNc2ncnc(Nc3ccc(C(C)=O)cc3)c2[N+](=O)[O-])cc1. The number of hydrazine groups is 1. The number of aromatic nitrogens is 2. The van der Waals surface area contributed by atoms with Gasteiger partial charge in [-0.05, 0) is 55.5 Å². The molecular weight excluding hydrogens is 404 g/mol. The Kier molecular flexibility index (Phi) is 6.36. The van der Waals surface area contributed by atoms with E-state index in [-0.39, 0.29) is 17.4 Å². The predicted molar refractivity (Wildman–Crippen MR) is 112 cm³/mol. The third kappa shape index (κ3) is 5.09. The molecular formula is C20H18N6O5. The van der Waals surface area contributed by atoms with Crippen molar-refractivity contribution in [1.29, 1.82) is 0 Å². The van der Waals surface area contributed by atoms with Crippen molar-refractivity contribution in [3.8, 4) is 5.75 Å². The summed E-state index contributed by atoms with van der Waals surface area (Å²) in [6, 6.07) is 12.7. The van der Waals surface area contributed by atoms with Crippen LogP contribution in [0.3, 0.4) is 0 Å². The van der Waals surface area contributed by atoms with Crippen LogP contribution in [0.5, 0.6) is 5.75 Å². The van der Waals surface area contributed by atoms with Gasteiger partial charge < -0.3 is 10.1 Å². The van der Waals surface area contributed by atoms with E-state index in [1.54, 1.807) is 48.5 Å². The van der Waals surface area contributed by atoms with E-state index in [1.807, 2.05) is 0 Å². The van der Waals surface area contributed by atoms with Crippen molar-refractivity contribution in [3.63, 3.8) is 0 Å². The third-order valence-electron chi connectivity index (χ3n) is 4.21. The molecule has 31 heavy (non-hydrogen) atoms. The number of Topliss-reactive ketones (excluding diaryl/α,β-unsaturated/α-hetero) is 1. The lowest BCUT2D eigenvalue weighted by Gasteiger charge is -2.11. The normalized spacial score (nSPS) is 10.1. The molecule has 3 rings (SSSR count). The molecule has 0 bridgehead atoms. The van der Waals surface area contributed by atoms with Crippen LogP contribution in [0.1, 0.15) is 27.6 Å². The summed E-state index contributed by atoms with van der Waals surface area (Å²) in [5, 5.41) is 14.5. The Balaban J connectivity index is 1.78. The Morgan fingerprint density at radius 1 is 0.968 bits per heavy atom. The van der Waals surface area contributed by atoms with Crippen LogP contribution in [0.25, 0.3) is 0 Å². The van der Waals surface area contributed by atoms with Gasteiger partial charge >= 0.3 is 5.69 Å². The largest absolute Gasteiger partial charge is 0.497 e. The standard InChI is InChI=1S/C20H18N6O5/c1-12(27)13-3-7-15(8-4-13)23-18-17(26(29)30)19(22-11-21-18)24-25-20(28)14-5-9-16(31-2)10-6-14/h3-11H,1-2H3,(H,25,28)(H2,21,22,23,24). The molecule has 1 amide bonds. The van der Waals surface area contributed by atoms with Crippen LogP contribution in [-0.2, 0) is 0 Å². The minimum absolute atomic E-state index is 0.0863. The molecule has 0 spiro atoms. The van der Waals surface area contributed by atoms with Gasteiger partial charge in [0.2, 0.25) is 11.6 Å². The number of carbonyl (C=O) groups excluding carboxylic acids is 2. The van der Waals surface area contributed by atoms with Crippen molar-refractivity contribution >= 4 is 34.7 Å². The van der Waals surface area contributed by atoms with Crippen LogP contribution < -0.4 is 20.9 Å². The van der Waals surface area contributed by atoms with Crippen molar-refractivity contribution in [1.82, 2.24) is 15.4 Å². The summed E-state index contributed by atoms with van der Waals surface area (Å²) >= 11 is 0. The fourth-order valence-electron chi connectivity index (χ4n) is 2.59. The number of amides is 1. The Hall–Kier alpha value is -4.54. The molecule has 0 saturated heterocycles. The molecule has 0 radical (unpaired) electrons. The van der Waals surface area contributed by atoms with E-state index in [9.17, 15) is 19.7 Å². The van der Waals surface area contributed by atoms with E-state index in [1.165, 1.54) is 14.0 Å². The number of hydrogen-bond donors (Lipinski definition) is 3. The number of hydrogen-bond acceptors (Lipinski definition) is 9. The molecule has 0 saturated carbocycles. The Morgan fingerprint density at radius 3 is 2.16 bits per heavy atom. The van der Waals surface area contributed by atoms with E-state index in [0.717, 1.165) is 6.33 Å².